The van der Waals surface area contributed by atoms with Crippen LogP contribution >= 0.6 is 0 Å². The van der Waals surface area contributed by atoms with Gasteiger partial charge in [0.25, 0.3) is 0 Å². The Labute approximate surface area is 148 Å². The van der Waals surface area contributed by atoms with Crippen molar-refractivity contribution < 1.29 is 19.1 Å². The van der Waals surface area contributed by atoms with Crippen LogP contribution < -0.4 is 4.74 Å². The van der Waals surface area contributed by atoms with Gasteiger partial charge in [0.05, 0.1) is 26.4 Å². The van der Waals surface area contributed by atoms with Crippen molar-refractivity contribution in [2.75, 3.05) is 40.0 Å². The molecular formula is C19H26N2O4. The summed E-state index contributed by atoms with van der Waals surface area (Å²) >= 11 is 0. The van der Waals surface area contributed by atoms with Gasteiger partial charge in [-0.2, -0.15) is 0 Å². The standard InChI is InChI=1S/C19H26N2O4/c1-14(22)15-5-6-18(24-2)16(12-15)13-21-7-3-4-17(21)19(23)20-8-10-25-11-9-20/h5-6,12,17H,3-4,7-11,13H2,1-2H3/t17-/m0/s1. The number of Topliss-reactive ketones (excluding diaryl/α,β-unsaturated/α-hetero) is 1. The number of methoxy groups -OCH3 is 1. The maximum Gasteiger partial charge on any atom is 0.240 e. The fourth-order valence-corrected chi connectivity index (χ4v) is 3.63. The summed E-state index contributed by atoms with van der Waals surface area (Å²) in [6.07, 6.45) is 1.89. The summed E-state index contributed by atoms with van der Waals surface area (Å²) in [5, 5.41) is 0. The summed E-state index contributed by atoms with van der Waals surface area (Å²) in [6, 6.07) is 5.41. The lowest BCUT2D eigenvalue weighted by Crippen LogP contribution is -2.49. The Balaban J connectivity index is 1.75. The van der Waals surface area contributed by atoms with Crippen LogP contribution in [-0.4, -0.2) is 67.5 Å². The third-order valence-corrected chi connectivity index (χ3v) is 5.03. The highest BCUT2D eigenvalue weighted by Crippen LogP contribution is 2.27. The summed E-state index contributed by atoms with van der Waals surface area (Å²) in [7, 11) is 1.63. The Morgan fingerprint density at radius 3 is 2.68 bits per heavy atom. The Kier molecular flexibility index (Phi) is 5.71. The van der Waals surface area contributed by atoms with Gasteiger partial charge in [-0.1, -0.05) is 0 Å². The molecular weight excluding hydrogens is 320 g/mol. The fraction of sp³-hybridized carbons (Fsp3) is 0.579. The van der Waals surface area contributed by atoms with Gasteiger partial charge in [0.15, 0.2) is 5.78 Å². The lowest BCUT2D eigenvalue weighted by molar-refractivity contribution is -0.140. The van der Waals surface area contributed by atoms with Gasteiger partial charge in [0, 0.05) is 30.8 Å². The second kappa shape index (κ2) is 7.97. The Morgan fingerprint density at radius 2 is 2.00 bits per heavy atom. The van der Waals surface area contributed by atoms with Crippen molar-refractivity contribution in [2.45, 2.75) is 32.4 Å². The molecule has 2 aliphatic heterocycles. The van der Waals surface area contributed by atoms with Crippen LogP contribution in [0.3, 0.4) is 0 Å². The number of carbonyl (C=O) groups excluding carboxylic acids is 2. The summed E-state index contributed by atoms with van der Waals surface area (Å²) in [5.74, 6) is 0.989. The van der Waals surface area contributed by atoms with E-state index in [0.29, 0.717) is 38.4 Å². The van der Waals surface area contributed by atoms with Gasteiger partial charge in [-0.25, -0.2) is 0 Å². The first-order valence-electron chi connectivity index (χ1n) is 8.88. The van der Waals surface area contributed by atoms with Gasteiger partial charge >= 0.3 is 0 Å². The monoisotopic (exact) mass is 346 g/mol. The maximum atomic E-state index is 12.9. The molecule has 0 unspecified atom stereocenters. The molecule has 136 valence electrons. The summed E-state index contributed by atoms with van der Waals surface area (Å²) in [6.45, 7) is 5.64. The van der Waals surface area contributed by atoms with Crippen LogP contribution in [-0.2, 0) is 16.1 Å². The van der Waals surface area contributed by atoms with Crippen LogP contribution in [0.15, 0.2) is 18.2 Å². The van der Waals surface area contributed by atoms with Crippen molar-refractivity contribution in [1.29, 1.82) is 0 Å². The van der Waals surface area contributed by atoms with Gasteiger partial charge in [0.1, 0.15) is 5.75 Å². The molecule has 6 nitrogen and oxygen atoms in total. The predicted octanol–water partition coefficient (Wildman–Crippen LogP) is 1.72. The molecule has 0 spiro atoms. The molecule has 1 atom stereocenters. The van der Waals surface area contributed by atoms with E-state index < -0.39 is 0 Å². The van der Waals surface area contributed by atoms with Crippen LogP contribution in [0.4, 0.5) is 0 Å². The van der Waals surface area contributed by atoms with E-state index in [1.165, 1.54) is 0 Å². The van der Waals surface area contributed by atoms with Crippen molar-refractivity contribution in [3.63, 3.8) is 0 Å². The lowest BCUT2D eigenvalue weighted by atomic mass is 10.1. The molecule has 25 heavy (non-hydrogen) atoms. The number of rotatable bonds is 5. The number of likely N-dealkylation sites (tertiary alicyclic amines) is 1. The highest BCUT2D eigenvalue weighted by atomic mass is 16.5. The first-order chi connectivity index (χ1) is 12.1. The lowest BCUT2D eigenvalue weighted by Gasteiger charge is -2.32. The minimum absolute atomic E-state index is 0.0336. The van der Waals surface area contributed by atoms with Crippen LogP contribution in [0.5, 0.6) is 5.75 Å². The number of ether oxygens (including phenoxy) is 2. The molecule has 0 aliphatic carbocycles. The molecule has 1 amide bonds. The number of benzene rings is 1. The number of carbonyl (C=O) groups is 2. The van der Waals surface area contributed by atoms with E-state index >= 15 is 0 Å². The Morgan fingerprint density at radius 1 is 1.24 bits per heavy atom. The topological polar surface area (TPSA) is 59.1 Å². The molecule has 6 heteroatoms. The number of amides is 1. The second-order valence-electron chi connectivity index (χ2n) is 6.65. The zero-order valence-corrected chi connectivity index (χ0v) is 15.0. The number of hydrogen-bond acceptors (Lipinski definition) is 5. The molecule has 2 fully saturated rings. The summed E-state index contributed by atoms with van der Waals surface area (Å²) < 4.78 is 10.8. The second-order valence-corrected chi connectivity index (χ2v) is 6.65. The molecule has 0 saturated carbocycles. The van der Waals surface area contributed by atoms with E-state index in [1.807, 2.05) is 17.0 Å². The van der Waals surface area contributed by atoms with E-state index in [0.717, 1.165) is 30.7 Å². The molecule has 0 aromatic heterocycles. The molecule has 2 heterocycles. The summed E-state index contributed by atoms with van der Waals surface area (Å²) in [4.78, 5) is 28.7. The average molecular weight is 346 g/mol. The van der Waals surface area contributed by atoms with Gasteiger partial charge < -0.3 is 14.4 Å². The van der Waals surface area contributed by atoms with Crippen molar-refractivity contribution in [1.82, 2.24) is 9.80 Å². The van der Waals surface area contributed by atoms with Crippen molar-refractivity contribution in [3.05, 3.63) is 29.3 Å². The van der Waals surface area contributed by atoms with E-state index in [1.54, 1.807) is 20.1 Å². The minimum Gasteiger partial charge on any atom is -0.496 e. The Hall–Kier alpha value is -1.92. The minimum atomic E-state index is -0.0937. The molecule has 0 radical (unpaired) electrons. The molecule has 2 aliphatic rings. The van der Waals surface area contributed by atoms with Gasteiger partial charge in [-0.15, -0.1) is 0 Å². The van der Waals surface area contributed by atoms with Crippen molar-refractivity contribution >= 4 is 11.7 Å². The van der Waals surface area contributed by atoms with Gasteiger partial charge in [0.2, 0.25) is 5.91 Å². The SMILES string of the molecule is COc1ccc(C(C)=O)cc1CN1CCC[C@H]1C(=O)N1CCOCC1. The molecule has 3 rings (SSSR count). The van der Waals surface area contributed by atoms with E-state index in [-0.39, 0.29) is 17.7 Å². The number of hydrogen-bond donors (Lipinski definition) is 0. The average Bonchev–Trinajstić information content (AvgIpc) is 3.09. The third kappa shape index (κ3) is 4.02. The first-order valence-corrected chi connectivity index (χ1v) is 8.88. The van der Waals surface area contributed by atoms with Gasteiger partial charge in [-0.3, -0.25) is 14.5 Å². The van der Waals surface area contributed by atoms with Crippen LogP contribution in [0, 0.1) is 0 Å². The number of morpholine rings is 1. The molecule has 0 bridgehead atoms. The zero-order chi connectivity index (χ0) is 17.8. The fourth-order valence-electron chi connectivity index (χ4n) is 3.63. The molecule has 1 aromatic carbocycles. The van der Waals surface area contributed by atoms with Gasteiger partial charge in [-0.05, 0) is 44.5 Å². The largest absolute Gasteiger partial charge is 0.496 e. The third-order valence-electron chi connectivity index (χ3n) is 5.03. The zero-order valence-electron chi connectivity index (χ0n) is 15.0. The molecule has 2 saturated heterocycles. The predicted molar refractivity (Wildman–Crippen MR) is 93.8 cm³/mol. The van der Waals surface area contributed by atoms with E-state index in [9.17, 15) is 9.59 Å². The normalized spacial score (nSPS) is 21.4. The van der Waals surface area contributed by atoms with E-state index in [2.05, 4.69) is 4.90 Å². The quantitative estimate of drug-likeness (QED) is 0.760. The number of nitrogens with zero attached hydrogens (tertiary/aromatic N) is 2. The smallest absolute Gasteiger partial charge is 0.240 e. The van der Waals surface area contributed by atoms with Crippen LogP contribution in [0.25, 0.3) is 0 Å². The highest BCUT2D eigenvalue weighted by Gasteiger charge is 2.34. The summed E-state index contributed by atoms with van der Waals surface area (Å²) in [5.41, 5.74) is 1.63. The van der Waals surface area contributed by atoms with Crippen molar-refractivity contribution in [3.8, 4) is 5.75 Å². The molecule has 1 aromatic rings. The molecule has 0 N–H and O–H groups in total. The number of ketones is 1. The van der Waals surface area contributed by atoms with Crippen LogP contribution in [0.1, 0.15) is 35.7 Å². The Bertz CT molecular complexity index is 640. The highest BCUT2D eigenvalue weighted by molar-refractivity contribution is 5.94. The van der Waals surface area contributed by atoms with Crippen molar-refractivity contribution in [2.24, 2.45) is 0 Å². The van der Waals surface area contributed by atoms with Crippen LogP contribution in [0.2, 0.25) is 0 Å². The van der Waals surface area contributed by atoms with E-state index in [4.69, 9.17) is 9.47 Å². The maximum absolute atomic E-state index is 12.9. The first kappa shape index (κ1) is 17.9.